The molecule has 3 unspecified atom stereocenters. The van der Waals surface area contributed by atoms with Crippen molar-refractivity contribution in [2.75, 3.05) is 32.1 Å². The van der Waals surface area contributed by atoms with E-state index in [2.05, 4.69) is 62.1 Å². The fourth-order valence-electron chi connectivity index (χ4n) is 17.4. The lowest BCUT2D eigenvalue weighted by Crippen LogP contribution is -2.59. The summed E-state index contributed by atoms with van der Waals surface area (Å²) in [5, 5.41) is 32.9. The Morgan fingerprint density at radius 3 is 1.35 bits per heavy atom. The standard InChI is InChI=1S/C45H57N5O9S2.C41H51N5O8S.C3H7NO2S/c1-7-26-21-45(26,37(51)24-61(55,56)29-12-13-29)49-41(52)34-19-28(22-50(34)42(53)40(44(4,5)6)48-43(54)59-27-10-8-9-11-27)58-36-20-32(33-23-60-38(46-33)18-25(2)3)47-39-30(36)14-15-35-31(39)16-17-57-35;1-7-23-19-41(23,38(49)50)45-36(47)30-17-25(20-46(30)37(48)35(40(4,5)6)44-39(51)54-24-10-8-9-11-24)53-32-18-28(29-21-55-33(42-29)16-22(2)3)43-34-26(32)12-13-31-27(34)14-15-52-31;4-7(5,6)3-1-2-3/h7,14-15,20,23,25-29,34,40H,1,8-13,16-19,21-22,24H2,2-6H3,(H,48,54)(H,49,52);7,12-13,18,21-25,30,35H,1,8-11,14-17,19-20H2,2-6H3,(H,44,51)(H,45,47)(H,49,50);3H,1-2H2,(H2,4,5,6)/t26?,28-,34?,40-,45-;23?,25-,30+,35-,41-;/m11./s1. The van der Waals surface area contributed by atoms with Crippen LogP contribution < -0.4 is 45.4 Å². The zero-order chi connectivity index (χ0) is 88.2. The number of sulfone groups is 1. The zero-order valence-electron chi connectivity index (χ0n) is 71.6. The van der Waals surface area contributed by atoms with Crippen molar-refractivity contribution in [1.29, 1.82) is 0 Å². The molecule has 4 aromatic heterocycles. The van der Waals surface area contributed by atoms with Crippen molar-refractivity contribution in [2.24, 2.45) is 39.6 Å². The van der Waals surface area contributed by atoms with Gasteiger partial charge in [-0.15, -0.1) is 35.8 Å². The third-order valence-electron chi connectivity index (χ3n) is 24.7. The van der Waals surface area contributed by atoms with Crippen molar-refractivity contribution in [2.45, 2.75) is 268 Å². The Morgan fingerprint density at radius 1 is 0.585 bits per heavy atom. The lowest BCUT2D eigenvalue weighted by atomic mass is 9.85. The van der Waals surface area contributed by atoms with E-state index in [9.17, 15) is 60.3 Å². The molecule has 6 saturated carbocycles. The molecule has 8 heterocycles. The first-order valence-electron chi connectivity index (χ1n) is 43.1. The number of primary sulfonamides is 1. The molecule has 8 fully saturated rings. The maximum absolute atomic E-state index is 14.9. The topological polar surface area (TPSA) is 413 Å². The van der Waals surface area contributed by atoms with Crippen LogP contribution in [0.2, 0.25) is 0 Å². The van der Waals surface area contributed by atoms with Gasteiger partial charge in [0.1, 0.15) is 88.4 Å². The Hall–Kier alpha value is -9.38. The summed E-state index contributed by atoms with van der Waals surface area (Å²) in [6.45, 7) is 28.2. The van der Waals surface area contributed by atoms with E-state index < -0.39 is 149 Å². The quantitative estimate of drug-likeness (QED) is 0.0248. The average Bonchev–Trinajstić information content (AvgIpc) is 1.64. The summed E-state index contributed by atoms with van der Waals surface area (Å²) >= 11 is 3.17. The van der Waals surface area contributed by atoms with Crippen LogP contribution in [0.15, 0.2) is 72.5 Å². The molecule has 6 aliphatic carbocycles. The SMILES string of the molecule is C=CC1C[C@]1(NC(=O)C1C[C@@H](Oc2cc(-c3csc(CC(C)C)n3)nc3c4c(ccc23)OCC4)CN1C(=O)[C@@H](NC(=O)OC1CCCC1)C(C)(C)C)C(=O)CS(=O)(=O)C1CC1.C=CC1C[C@]1(NC(=O)[C@@H]1C[C@@H](Oc2cc(-c3csc(CC(C)C)n3)nc3c4c(ccc23)OCC4)CN1C(=O)[C@@H](NC(=O)OC1CCCC1)C(C)(C)C)C(=O)O.NS(=O)(=O)C1CC1. The minimum Gasteiger partial charge on any atom is -0.493 e. The molecule has 16 rings (SSSR count). The molecule has 123 heavy (non-hydrogen) atoms. The largest absolute Gasteiger partial charge is 0.493 e. The summed E-state index contributed by atoms with van der Waals surface area (Å²) in [6, 6.07) is 6.98. The predicted octanol–water partition coefficient (Wildman–Crippen LogP) is 11.6. The lowest BCUT2D eigenvalue weighted by Gasteiger charge is -2.35. The molecule has 10 atom stereocenters. The van der Waals surface area contributed by atoms with Crippen LogP contribution in [0.4, 0.5) is 9.59 Å². The van der Waals surface area contributed by atoms with Gasteiger partial charge in [0.05, 0.1) is 80.6 Å². The van der Waals surface area contributed by atoms with Gasteiger partial charge in [0.2, 0.25) is 33.7 Å². The molecule has 0 spiro atoms. The number of thiazole rings is 2. The second-order valence-electron chi connectivity index (χ2n) is 37.5. The molecule has 0 bridgehead atoms. The first-order chi connectivity index (χ1) is 58.2. The number of hydrogen-bond donors (Lipinski definition) is 6. The van der Waals surface area contributed by atoms with Crippen LogP contribution in [-0.4, -0.2) is 201 Å². The van der Waals surface area contributed by atoms with Crippen molar-refractivity contribution in [3.63, 3.8) is 0 Å². The molecular weight excluding hydrogens is 1660 g/mol. The number of benzene rings is 2. The Kier molecular flexibility index (Phi) is 26.3. The molecule has 2 saturated heterocycles. The maximum atomic E-state index is 14.9. The van der Waals surface area contributed by atoms with Gasteiger partial charge in [-0.2, -0.15) is 0 Å². The summed E-state index contributed by atoms with van der Waals surface area (Å²) in [6.07, 6.45) is 12.9. The van der Waals surface area contributed by atoms with Crippen molar-refractivity contribution >= 4 is 112 Å². The van der Waals surface area contributed by atoms with E-state index >= 15 is 0 Å². The molecule has 10 aliphatic rings. The number of sulfonamides is 1. The third kappa shape index (κ3) is 20.4. The molecule has 34 heteroatoms. The molecule has 6 amide bonds. The molecule has 2 aromatic carbocycles. The van der Waals surface area contributed by atoms with Gasteiger partial charge in [0.15, 0.2) is 15.6 Å². The fraction of sp³-hybridized carbons (Fsp3) is 0.596. The fourth-order valence-corrected chi connectivity index (χ4v) is 21.9. The van der Waals surface area contributed by atoms with Gasteiger partial charge < -0.3 is 64.6 Å². The van der Waals surface area contributed by atoms with E-state index in [4.69, 9.17) is 53.5 Å². The van der Waals surface area contributed by atoms with E-state index in [1.54, 1.807) is 28.7 Å². The number of fused-ring (bicyclic) bond motifs is 6. The highest BCUT2D eigenvalue weighted by atomic mass is 32.2. The van der Waals surface area contributed by atoms with E-state index in [0.29, 0.717) is 79.3 Å². The first-order valence-corrected chi connectivity index (χ1v) is 48.2. The van der Waals surface area contributed by atoms with Crippen LogP contribution in [0.25, 0.3) is 44.6 Å². The monoisotopic (exact) mass is 1770 g/mol. The number of ketones is 1. The number of nitrogens with one attached hydrogen (secondary N) is 4. The molecule has 30 nitrogen and oxygen atoms in total. The Labute approximate surface area is 726 Å². The van der Waals surface area contributed by atoms with E-state index in [1.807, 2.05) is 88.7 Å². The average molecular weight is 1770 g/mol. The van der Waals surface area contributed by atoms with Crippen molar-refractivity contribution in [3.05, 3.63) is 93.6 Å². The summed E-state index contributed by atoms with van der Waals surface area (Å²) in [4.78, 5) is 134. The van der Waals surface area contributed by atoms with Crippen molar-refractivity contribution in [1.82, 2.24) is 51.0 Å². The maximum Gasteiger partial charge on any atom is 0.408 e. The Morgan fingerprint density at radius 2 is 0.992 bits per heavy atom. The van der Waals surface area contributed by atoms with Crippen LogP contribution in [0.5, 0.6) is 23.0 Å². The van der Waals surface area contributed by atoms with E-state index in [0.717, 1.165) is 137 Å². The summed E-state index contributed by atoms with van der Waals surface area (Å²) < 4.78 is 83.1. The normalized spacial score (nSPS) is 24.0. The van der Waals surface area contributed by atoms with E-state index in [-0.39, 0.29) is 56.2 Å². The molecule has 0 radical (unpaired) electrons. The van der Waals surface area contributed by atoms with Crippen molar-refractivity contribution < 1.29 is 88.7 Å². The Balaban J connectivity index is 0.000000186. The summed E-state index contributed by atoms with van der Waals surface area (Å²) in [7, 11) is -6.80. The summed E-state index contributed by atoms with van der Waals surface area (Å²) in [5.41, 5.74) is 1.60. The number of Topliss-reactive ketones (excluding diaryl/α,β-unsaturated/α-hetero) is 1. The number of amides is 6. The minimum atomic E-state index is -3.67. The zero-order valence-corrected chi connectivity index (χ0v) is 74.9. The third-order valence-corrected chi connectivity index (χ3v) is 30.0. The van der Waals surface area contributed by atoms with Gasteiger partial charge in [-0.1, -0.05) is 81.4 Å². The number of alkyl carbamates (subject to hydrolysis) is 2. The number of carbonyl (C=O) groups is 8. The molecule has 664 valence electrons. The van der Waals surface area contributed by atoms with Crippen LogP contribution in [0.3, 0.4) is 0 Å². The number of pyridine rings is 2. The number of nitrogens with two attached hydrogens (primary N) is 1. The minimum absolute atomic E-state index is 0.0102. The highest BCUT2D eigenvalue weighted by Gasteiger charge is 2.63. The van der Waals surface area contributed by atoms with Gasteiger partial charge in [0.25, 0.3) is 0 Å². The van der Waals surface area contributed by atoms with E-state index in [1.165, 1.54) is 15.9 Å². The highest BCUT2D eigenvalue weighted by molar-refractivity contribution is 7.93. The number of nitrogens with zero attached hydrogens (tertiary/aromatic N) is 6. The van der Waals surface area contributed by atoms with Crippen LogP contribution in [0, 0.1) is 34.5 Å². The van der Waals surface area contributed by atoms with Crippen LogP contribution >= 0.6 is 22.7 Å². The van der Waals surface area contributed by atoms with Gasteiger partial charge in [0, 0.05) is 95.2 Å². The number of carboxylic acid groups (broad SMARTS) is 1. The number of rotatable bonds is 28. The van der Waals surface area contributed by atoms with Gasteiger partial charge >= 0.3 is 18.2 Å². The number of aromatic nitrogens is 4. The second kappa shape index (κ2) is 35.9. The highest BCUT2D eigenvalue weighted by Crippen LogP contribution is 2.49. The molecular formula is C89H115N11O19S4. The van der Waals surface area contributed by atoms with Crippen LogP contribution in [0.1, 0.15) is 193 Å². The number of hydrogen-bond acceptors (Lipinski definition) is 24. The van der Waals surface area contributed by atoms with Gasteiger partial charge in [-0.3, -0.25) is 24.0 Å². The number of ether oxygens (including phenoxy) is 6. The molecule has 6 aromatic rings. The summed E-state index contributed by atoms with van der Waals surface area (Å²) in [5.74, 6) is -2.13. The first kappa shape index (κ1) is 89.9. The number of carboxylic acids is 1. The molecule has 4 aliphatic heterocycles. The predicted molar refractivity (Wildman–Crippen MR) is 464 cm³/mol. The molecule has 7 N–H and O–H groups in total. The smallest absolute Gasteiger partial charge is 0.408 e. The van der Waals surface area contributed by atoms with Gasteiger partial charge in [-0.25, -0.2) is 56.3 Å². The number of aliphatic carboxylic acids is 1. The van der Waals surface area contributed by atoms with Crippen molar-refractivity contribution in [3.8, 4) is 45.8 Å². The van der Waals surface area contributed by atoms with Crippen LogP contribution in [-0.2, 0) is 83.8 Å². The Bertz CT molecular complexity index is 5330. The van der Waals surface area contributed by atoms with Gasteiger partial charge in [-0.05, 0) is 137 Å². The number of carbonyl (C=O) groups excluding carboxylic acids is 7. The number of likely N-dealkylation sites (tertiary alicyclic amines) is 2. The lowest BCUT2D eigenvalue weighted by molar-refractivity contribution is -0.146. The second-order valence-corrected chi connectivity index (χ2v) is 43.6.